The van der Waals surface area contributed by atoms with E-state index < -0.39 is 57.6 Å². The number of likely N-dealkylation sites (tertiary alicyclic amines) is 1. The van der Waals surface area contributed by atoms with E-state index in [0.717, 1.165) is 69.4 Å². The molecule has 1 heterocycles. The van der Waals surface area contributed by atoms with Crippen molar-refractivity contribution in [2.45, 2.75) is 56.5 Å². The molecule has 1 saturated heterocycles. The summed E-state index contributed by atoms with van der Waals surface area (Å²) in [6, 6.07) is 18.7. The standard InChI is InChI=1S/C21H32F3N3O.C18H14O8/c1-5-26(15-17-9-11-27(12-10-17)20(28)25(3)4)16(2)13-18-7-6-8-19(14-18)21(22,23)24;19-13(11-7-3-1-4-8-11)17(25,15(21)22)18(26,16(23)24)14(20)12-9-5-2-6-10-12/h6-8,14,16-17H,5,9-13,15H2,1-4H3;1-10,25-26H,(H,21,22)(H,23,24). The summed E-state index contributed by atoms with van der Waals surface area (Å²) in [5.41, 5.74) is -8.55. The first kappa shape index (κ1) is 43.3. The maximum atomic E-state index is 12.9. The summed E-state index contributed by atoms with van der Waals surface area (Å²) in [4.78, 5) is 66.4. The molecule has 3 unspecified atom stereocenters. The number of rotatable bonds is 13. The smallest absolute Gasteiger partial charge is 0.416 e. The number of carbonyl (C=O) groups excluding carboxylic acids is 3. The summed E-state index contributed by atoms with van der Waals surface area (Å²) in [6.45, 7) is 7.47. The predicted octanol–water partition coefficient (Wildman–Crippen LogP) is 4.74. The molecule has 0 saturated carbocycles. The molecule has 1 fully saturated rings. The number of piperidine rings is 1. The Morgan fingerprint density at radius 2 is 1.24 bits per heavy atom. The van der Waals surface area contributed by atoms with Crippen molar-refractivity contribution in [2.24, 2.45) is 5.92 Å². The third-order valence-corrected chi connectivity index (χ3v) is 9.45. The lowest BCUT2D eigenvalue weighted by atomic mass is 9.73. The lowest BCUT2D eigenvalue weighted by molar-refractivity contribution is -0.187. The number of nitrogens with zero attached hydrogens (tertiary/aromatic N) is 3. The normalized spacial score (nSPS) is 16.2. The summed E-state index contributed by atoms with van der Waals surface area (Å²) in [5, 5.41) is 39.9. The molecule has 12 nitrogen and oxygen atoms in total. The van der Waals surface area contributed by atoms with Crippen LogP contribution < -0.4 is 0 Å². The van der Waals surface area contributed by atoms with Crippen molar-refractivity contribution < 1.29 is 57.6 Å². The van der Waals surface area contributed by atoms with Gasteiger partial charge in [0.05, 0.1) is 5.56 Å². The van der Waals surface area contributed by atoms with Crippen LogP contribution in [0.5, 0.6) is 0 Å². The van der Waals surface area contributed by atoms with Crippen LogP contribution in [0.15, 0.2) is 84.9 Å². The first-order valence-electron chi connectivity index (χ1n) is 17.3. The second-order valence-electron chi connectivity index (χ2n) is 13.4. The number of carboxylic acids is 2. The van der Waals surface area contributed by atoms with Gasteiger partial charge in [-0.25, -0.2) is 14.4 Å². The lowest BCUT2D eigenvalue weighted by Gasteiger charge is -2.37. The van der Waals surface area contributed by atoms with Gasteiger partial charge >= 0.3 is 24.1 Å². The van der Waals surface area contributed by atoms with Crippen molar-refractivity contribution >= 4 is 29.5 Å². The molecule has 1 aliphatic heterocycles. The molecule has 0 aliphatic carbocycles. The number of urea groups is 1. The number of aliphatic hydroxyl groups is 2. The number of Topliss-reactive ketones (excluding diaryl/α,β-unsaturated/α-hetero) is 2. The van der Waals surface area contributed by atoms with Crippen LogP contribution in [0.2, 0.25) is 0 Å². The minimum absolute atomic E-state index is 0.0590. The Bertz CT molecular complexity index is 1690. The van der Waals surface area contributed by atoms with Crippen LogP contribution in [-0.2, 0) is 22.2 Å². The Hall–Kier alpha value is -5.12. The molecular formula is C39H46F3N3O9. The van der Waals surface area contributed by atoms with Gasteiger partial charge in [0.25, 0.3) is 11.2 Å². The zero-order chi connectivity index (χ0) is 40.4. The van der Waals surface area contributed by atoms with E-state index in [4.69, 9.17) is 0 Å². The van der Waals surface area contributed by atoms with Gasteiger partial charge in [0.2, 0.25) is 11.6 Å². The number of hydrogen-bond donors (Lipinski definition) is 4. The number of benzene rings is 3. The van der Waals surface area contributed by atoms with Crippen LogP contribution in [-0.4, -0.2) is 122 Å². The summed E-state index contributed by atoms with van der Waals surface area (Å²) >= 11 is 0. The van der Waals surface area contributed by atoms with E-state index >= 15 is 0 Å². The van der Waals surface area contributed by atoms with E-state index in [1.54, 1.807) is 25.1 Å². The van der Waals surface area contributed by atoms with E-state index in [1.165, 1.54) is 48.5 Å². The van der Waals surface area contributed by atoms with E-state index in [9.17, 15) is 57.6 Å². The fourth-order valence-corrected chi connectivity index (χ4v) is 6.32. The number of carboxylic acid groups (broad SMARTS) is 2. The summed E-state index contributed by atoms with van der Waals surface area (Å²) in [6.07, 6.45) is -1.78. The van der Waals surface area contributed by atoms with Gasteiger partial charge in [-0.2, -0.15) is 13.2 Å². The average Bonchev–Trinajstić information content (AvgIpc) is 3.16. The molecule has 4 rings (SSSR count). The van der Waals surface area contributed by atoms with E-state index in [0.29, 0.717) is 17.9 Å². The molecule has 2 amide bonds. The van der Waals surface area contributed by atoms with Crippen molar-refractivity contribution in [2.75, 3.05) is 40.3 Å². The fourth-order valence-electron chi connectivity index (χ4n) is 6.32. The molecule has 3 atom stereocenters. The van der Waals surface area contributed by atoms with Crippen molar-refractivity contribution in [3.8, 4) is 0 Å². The van der Waals surface area contributed by atoms with E-state index in [1.807, 2.05) is 4.90 Å². The zero-order valence-electron chi connectivity index (χ0n) is 30.5. The molecule has 0 aromatic heterocycles. The van der Waals surface area contributed by atoms with Crippen LogP contribution >= 0.6 is 0 Å². The molecule has 15 heteroatoms. The molecule has 3 aromatic rings. The zero-order valence-corrected chi connectivity index (χ0v) is 30.5. The van der Waals surface area contributed by atoms with Crippen molar-refractivity contribution in [1.82, 2.24) is 14.7 Å². The number of aliphatic carboxylic acids is 2. The Morgan fingerprint density at radius 1 is 0.778 bits per heavy atom. The largest absolute Gasteiger partial charge is 0.479 e. The maximum Gasteiger partial charge on any atom is 0.416 e. The SMILES string of the molecule is CCN(CC1CCN(C(=O)N(C)C)CC1)C(C)Cc1cccc(C(F)(F)F)c1.O=C(O)C(O)(C(=O)c1ccccc1)C(O)(C(=O)O)C(=O)c1ccccc1. The molecule has 3 aromatic carbocycles. The van der Waals surface area contributed by atoms with Crippen LogP contribution in [0.25, 0.3) is 0 Å². The first-order valence-corrected chi connectivity index (χ1v) is 17.3. The fraction of sp³-hybridized carbons (Fsp3) is 0.410. The Morgan fingerprint density at radius 3 is 1.63 bits per heavy atom. The number of carbonyl (C=O) groups is 5. The van der Waals surface area contributed by atoms with Gasteiger partial charge in [0.1, 0.15) is 0 Å². The topological polar surface area (TPSA) is 176 Å². The Labute approximate surface area is 311 Å². The minimum atomic E-state index is -4.30. The molecule has 0 bridgehead atoms. The van der Waals surface area contributed by atoms with Gasteiger partial charge in [-0.05, 0) is 50.3 Å². The van der Waals surface area contributed by atoms with Crippen molar-refractivity contribution in [1.29, 1.82) is 0 Å². The Balaban J connectivity index is 0.000000291. The second-order valence-corrected chi connectivity index (χ2v) is 13.4. The van der Waals surface area contributed by atoms with Gasteiger partial charge in [0.15, 0.2) is 0 Å². The van der Waals surface area contributed by atoms with Gasteiger partial charge in [-0.15, -0.1) is 0 Å². The average molecular weight is 758 g/mol. The molecule has 292 valence electrons. The highest BCUT2D eigenvalue weighted by atomic mass is 19.4. The van der Waals surface area contributed by atoms with Crippen LogP contribution in [0, 0.1) is 5.92 Å². The highest BCUT2D eigenvalue weighted by Gasteiger charge is 2.69. The molecular weight excluding hydrogens is 711 g/mol. The summed E-state index contributed by atoms with van der Waals surface area (Å²) < 4.78 is 38.8. The predicted molar refractivity (Wildman–Crippen MR) is 192 cm³/mol. The highest BCUT2D eigenvalue weighted by molar-refractivity contribution is 6.28. The van der Waals surface area contributed by atoms with Gasteiger partial charge in [-0.1, -0.05) is 85.8 Å². The Kier molecular flexibility index (Phi) is 14.6. The molecule has 0 spiro atoms. The monoisotopic (exact) mass is 757 g/mol. The highest BCUT2D eigenvalue weighted by Crippen LogP contribution is 2.32. The van der Waals surface area contributed by atoms with Crippen LogP contribution in [0.4, 0.5) is 18.0 Å². The van der Waals surface area contributed by atoms with Gasteiger partial charge in [-0.3, -0.25) is 9.59 Å². The lowest BCUT2D eigenvalue weighted by Crippen LogP contribution is -2.71. The number of amides is 2. The molecule has 54 heavy (non-hydrogen) atoms. The quantitative estimate of drug-likeness (QED) is 0.141. The number of hydrogen-bond acceptors (Lipinski definition) is 8. The number of likely N-dealkylation sites (N-methyl/N-ethyl adjacent to an activating group) is 1. The summed E-state index contributed by atoms with van der Waals surface area (Å²) in [5.74, 6) is -7.52. The minimum Gasteiger partial charge on any atom is -0.479 e. The first-order chi connectivity index (χ1) is 25.3. The van der Waals surface area contributed by atoms with E-state index in [2.05, 4.69) is 18.7 Å². The molecule has 0 radical (unpaired) electrons. The molecule has 1 aliphatic rings. The van der Waals surface area contributed by atoms with Gasteiger partial charge < -0.3 is 35.1 Å². The maximum absolute atomic E-state index is 12.9. The number of alkyl halides is 3. The third kappa shape index (κ3) is 9.89. The second kappa shape index (κ2) is 18.3. The van der Waals surface area contributed by atoms with E-state index in [-0.39, 0.29) is 12.1 Å². The van der Waals surface area contributed by atoms with Crippen LogP contribution in [0.1, 0.15) is 58.5 Å². The summed E-state index contributed by atoms with van der Waals surface area (Å²) in [7, 11) is 3.53. The van der Waals surface area contributed by atoms with Crippen molar-refractivity contribution in [3.63, 3.8) is 0 Å². The van der Waals surface area contributed by atoms with Crippen LogP contribution in [0.3, 0.4) is 0 Å². The van der Waals surface area contributed by atoms with Crippen molar-refractivity contribution in [3.05, 3.63) is 107 Å². The molecule has 4 N–H and O–H groups in total. The number of halogens is 3. The number of ketones is 2. The van der Waals surface area contributed by atoms with Gasteiger partial charge in [0, 0.05) is 50.9 Å². The third-order valence-electron chi connectivity index (χ3n) is 9.45.